The fraction of sp³-hybridized carbons (Fsp3) is 0.769. The molecule has 15 atom stereocenters. The van der Waals surface area contributed by atoms with E-state index in [-0.39, 0.29) is 0 Å². The lowest BCUT2D eigenvalue weighted by molar-refractivity contribution is -0.356. The van der Waals surface area contributed by atoms with Crippen LogP contribution < -0.4 is 11.1 Å². The summed E-state index contributed by atoms with van der Waals surface area (Å²) < 4.78 is 29.2. The van der Waals surface area contributed by atoms with E-state index in [1.165, 1.54) is 0 Å². The van der Waals surface area contributed by atoms with E-state index in [9.17, 15) is 40.9 Å². The maximum absolute atomic E-state index is 11.5. The second-order valence-electron chi connectivity index (χ2n) is 10.9. The van der Waals surface area contributed by atoms with Crippen molar-refractivity contribution < 1.29 is 64.5 Å². The highest BCUT2D eigenvalue weighted by atomic mass is 16.7. The molecule has 1 aromatic rings. The number of benzene rings is 1. The molecular weight excluding hydrogens is 562 g/mol. The van der Waals surface area contributed by atoms with Crippen LogP contribution in [-0.2, 0) is 23.7 Å². The van der Waals surface area contributed by atoms with Crippen LogP contribution in [0, 0.1) is 0 Å². The van der Waals surface area contributed by atoms with Crippen molar-refractivity contribution in [3.8, 4) is 0 Å². The Labute approximate surface area is 242 Å². The van der Waals surface area contributed by atoms with E-state index in [0.717, 1.165) is 0 Å². The van der Waals surface area contributed by atoms with E-state index in [1.807, 2.05) is 0 Å². The van der Waals surface area contributed by atoms with Crippen molar-refractivity contribution in [1.82, 2.24) is 4.90 Å². The maximum atomic E-state index is 11.5. The fourth-order valence-corrected chi connectivity index (χ4v) is 5.54. The molecule has 16 nitrogen and oxygen atoms in total. The van der Waals surface area contributed by atoms with Crippen molar-refractivity contribution in [2.24, 2.45) is 5.73 Å². The van der Waals surface area contributed by atoms with Gasteiger partial charge in [-0.2, -0.15) is 0 Å². The number of hydrogen-bond acceptors (Lipinski definition) is 16. The molecule has 3 fully saturated rings. The van der Waals surface area contributed by atoms with Crippen molar-refractivity contribution in [3.63, 3.8) is 0 Å². The molecule has 0 aromatic heterocycles. The molecule has 11 N–H and O–H groups in total. The third kappa shape index (κ3) is 6.88. The Balaban J connectivity index is 1.58. The van der Waals surface area contributed by atoms with Gasteiger partial charge in [0.2, 0.25) is 0 Å². The van der Waals surface area contributed by atoms with Gasteiger partial charge in [-0.25, -0.2) is 0 Å². The zero-order valence-corrected chi connectivity index (χ0v) is 23.3. The van der Waals surface area contributed by atoms with Crippen LogP contribution >= 0.6 is 0 Å². The Morgan fingerprint density at radius 1 is 0.738 bits per heavy atom. The lowest BCUT2D eigenvalue weighted by atomic mass is 9.93. The number of nitrogens with two attached hydrogens (primary N) is 1. The molecule has 0 bridgehead atoms. The Morgan fingerprint density at radius 2 is 1.29 bits per heavy atom. The predicted molar refractivity (Wildman–Crippen MR) is 143 cm³/mol. The van der Waals surface area contributed by atoms with Crippen molar-refractivity contribution in [1.29, 1.82) is 0 Å². The summed E-state index contributed by atoms with van der Waals surface area (Å²) in [6.07, 6.45) is -16.2. The molecule has 3 saturated heterocycles. The molecule has 3 aliphatic rings. The minimum absolute atomic E-state index is 0.571. The molecule has 16 heteroatoms. The number of hydrogen-bond donors (Lipinski definition) is 10. The minimum atomic E-state index is -1.55. The van der Waals surface area contributed by atoms with Crippen LogP contribution in [0.5, 0.6) is 0 Å². The molecule has 0 spiro atoms. The van der Waals surface area contributed by atoms with Gasteiger partial charge in [0, 0.05) is 5.69 Å². The number of likely N-dealkylation sites (N-methyl/N-ethyl adjacent to an activating group) is 1. The van der Waals surface area contributed by atoms with Crippen molar-refractivity contribution >= 4 is 5.69 Å². The summed E-state index contributed by atoms with van der Waals surface area (Å²) in [4.78, 5) is 1.56. The van der Waals surface area contributed by atoms with E-state index < -0.39 is 112 Å². The topological polar surface area (TPSA) is 249 Å². The van der Waals surface area contributed by atoms with Gasteiger partial charge in [-0.05, 0) is 26.2 Å². The van der Waals surface area contributed by atoms with Crippen LogP contribution in [-0.4, -0.2) is 172 Å². The van der Waals surface area contributed by atoms with Crippen molar-refractivity contribution in [3.05, 3.63) is 30.3 Å². The molecule has 4 rings (SSSR count). The van der Waals surface area contributed by atoms with Crippen LogP contribution in [0.3, 0.4) is 0 Å². The lowest BCUT2D eigenvalue weighted by Crippen LogP contribution is -2.69. The van der Waals surface area contributed by atoms with Gasteiger partial charge >= 0.3 is 0 Å². The number of aliphatic hydroxyl groups excluding tert-OH is 8. The van der Waals surface area contributed by atoms with Crippen LogP contribution in [0.1, 0.15) is 0 Å². The molecule has 0 radical (unpaired) electrons. The summed E-state index contributed by atoms with van der Waals surface area (Å²) in [5, 5.41) is 86.4. The van der Waals surface area contributed by atoms with Crippen LogP contribution in [0.15, 0.2) is 30.3 Å². The van der Waals surface area contributed by atoms with E-state index in [2.05, 4.69) is 5.32 Å². The summed E-state index contributed by atoms with van der Waals surface area (Å²) in [5.41, 5.74) is 6.40. The van der Waals surface area contributed by atoms with E-state index in [1.54, 1.807) is 49.3 Å². The van der Waals surface area contributed by atoms with E-state index in [0.29, 0.717) is 5.69 Å². The first-order chi connectivity index (χ1) is 20.0. The SMILES string of the molecule is CN(C)[C@H]1[C@H](OC2[C@@H](CO)O[C@@H](O)[C@H](N)[C@H]2O)O[C@H](CO)C(O[C@@H]2O[C@H](CO)[C@@H](O)[C@H](O)[C@H]2Nc2ccccc2)[C@@H]1O. The minimum Gasteiger partial charge on any atom is -0.394 e. The first-order valence-electron chi connectivity index (χ1n) is 13.8. The molecule has 3 heterocycles. The second-order valence-corrected chi connectivity index (χ2v) is 10.9. The van der Waals surface area contributed by atoms with Crippen LogP contribution in [0.25, 0.3) is 0 Å². The summed E-state index contributed by atoms with van der Waals surface area (Å²) in [6.45, 7) is -1.92. The van der Waals surface area contributed by atoms with Gasteiger partial charge < -0.3 is 75.6 Å². The molecule has 1 aromatic carbocycles. The Kier molecular flexibility index (Phi) is 11.5. The Bertz CT molecular complexity index is 965. The van der Waals surface area contributed by atoms with E-state index >= 15 is 0 Å². The maximum Gasteiger partial charge on any atom is 0.181 e. The number of aliphatic hydroxyl groups is 8. The highest BCUT2D eigenvalue weighted by Gasteiger charge is 2.54. The number of anilines is 1. The van der Waals surface area contributed by atoms with Crippen molar-refractivity contribution in [2.45, 2.75) is 91.9 Å². The van der Waals surface area contributed by atoms with Crippen LogP contribution in [0.2, 0.25) is 0 Å². The van der Waals surface area contributed by atoms with Gasteiger partial charge in [0.05, 0.1) is 31.9 Å². The molecule has 2 unspecified atom stereocenters. The molecular formula is C26H43N3O13. The number of nitrogens with zero attached hydrogens (tertiary/aromatic N) is 1. The molecule has 3 aliphatic heterocycles. The average Bonchev–Trinajstić information content (AvgIpc) is 2.98. The standard InChI is InChI=1S/C26H43N3O13/c1-29(2)17-21(36)23(14(10-32)40-26(17)42-22-13(9-31)38-24(37)15(27)19(22)34)41-25-16(28-11-6-4-3-5-7-11)20(35)18(33)12(8-30)39-25/h3-7,12-26,28,30-37H,8-10,27H2,1-2H3/t12-,13-,14-,15-,16-,17-,18-,19-,20-,21-,22?,23?,24-,25+,26+/m1/s1. The van der Waals surface area contributed by atoms with Gasteiger partial charge in [-0.1, -0.05) is 18.2 Å². The Hall–Kier alpha value is -1.58. The largest absolute Gasteiger partial charge is 0.394 e. The van der Waals surface area contributed by atoms with E-state index in [4.69, 9.17) is 29.4 Å². The Morgan fingerprint density at radius 3 is 1.88 bits per heavy atom. The molecule has 240 valence electrons. The first kappa shape index (κ1) is 33.3. The number of rotatable bonds is 10. The van der Waals surface area contributed by atoms with Gasteiger partial charge in [0.25, 0.3) is 0 Å². The predicted octanol–water partition coefficient (Wildman–Crippen LogP) is -4.92. The second kappa shape index (κ2) is 14.5. The summed E-state index contributed by atoms with van der Waals surface area (Å²) in [7, 11) is 3.24. The molecule has 0 saturated carbocycles. The zero-order chi connectivity index (χ0) is 30.7. The lowest BCUT2D eigenvalue weighted by Gasteiger charge is -2.51. The molecule has 0 amide bonds. The van der Waals surface area contributed by atoms with Gasteiger partial charge in [0.15, 0.2) is 18.9 Å². The van der Waals surface area contributed by atoms with Gasteiger partial charge in [-0.15, -0.1) is 0 Å². The zero-order valence-electron chi connectivity index (χ0n) is 23.3. The fourth-order valence-electron chi connectivity index (χ4n) is 5.54. The van der Waals surface area contributed by atoms with Crippen molar-refractivity contribution in [2.75, 3.05) is 39.2 Å². The number of para-hydroxylation sites is 1. The van der Waals surface area contributed by atoms with Crippen LogP contribution in [0.4, 0.5) is 5.69 Å². The highest BCUT2D eigenvalue weighted by Crippen LogP contribution is 2.34. The third-order valence-corrected chi connectivity index (χ3v) is 7.91. The first-order valence-corrected chi connectivity index (χ1v) is 13.8. The number of ether oxygens (including phenoxy) is 5. The highest BCUT2D eigenvalue weighted by molar-refractivity contribution is 5.44. The van der Waals surface area contributed by atoms with Gasteiger partial charge in [-0.3, -0.25) is 4.90 Å². The van der Waals surface area contributed by atoms with Gasteiger partial charge in [0.1, 0.15) is 61.0 Å². The summed E-state index contributed by atoms with van der Waals surface area (Å²) in [5.74, 6) is 0. The summed E-state index contributed by atoms with van der Waals surface area (Å²) in [6, 6.07) is 5.44. The third-order valence-electron chi connectivity index (χ3n) is 7.91. The molecule has 42 heavy (non-hydrogen) atoms. The normalized spacial score (nSPS) is 44.7. The monoisotopic (exact) mass is 605 g/mol. The molecule has 0 aliphatic carbocycles. The smallest absolute Gasteiger partial charge is 0.181 e. The number of nitrogens with one attached hydrogen (secondary N) is 1. The quantitative estimate of drug-likeness (QED) is 0.120. The average molecular weight is 606 g/mol. The summed E-state index contributed by atoms with van der Waals surface area (Å²) >= 11 is 0.